The number of aromatic nitrogens is 4. The Kier molecular flexibility index (Phi) is 6.49. The maximum atomic E-state index is 12.6. The number of thioether (sulfide) groups is 1. The molecule has 0 saturated carbocycles. The van der Waals surface area contributed by atoms with Crippen molar-refractivity contribution < 1.29 is 4.79 Å². The largest absolute Gasteiger partial charge is 0.350 e. The number of amides is 1. The van der Waals surface area contributed by atoms with E-state index in [0.717, 1.165) is 33.4 Å². The average Bonchev–Trinajstić information content (AvgIpc) is 3.33. The third kappa shape index (κ3) is 5.36. The van der Waals surface area contributed by atoms with Crippen LogP contribution in [-0.4, -0.2) is 38.3 Å². The fourth-order valence-corrected chi connectivity index (χ4v) is 3.88. The van der Waals surface area contributed by atoms with E-state index in [4.69, 9.17) is 0 Å². The van der Waals surface area contributed by atoms with Gasteiger partial charge in [-0.25, -0.2) is 15.4 Å². The van der Waals surface area contributed by atoms with E-state index in [-0.39, 0.29) is 5.91 Å². The van der Waals surface area contributed by atoms with Crippen molar-refractivity contribution in [3.05, 3.63) is 96.6 Å². The molecule has 5 aromatic rings. The van der Waals surface area contributed by atoms with E-state index >= 15 is 0 Å². The van der Waals surface area contributed by atoms with Gasteiger partial charge in [0.15, 0.2) is 0 Å². The number of pyridine rings is 1. The number of aromatic amines is 1. The van der Waals surface area contributed by atoms with Crippen molar-refractivity contribution >= 4 is 46.4 Å². The molecule has 0 aliphatic heterocycles. The summed E-state index contributed by atoms with van der Waals surface area (Å²) in [5, 5.41) is 8.16. The third-order valence-corrected chi connectivity index (χ3v) is 5.97. The number of H-pyrrole nitrogens is 1. The van der Waals surface area contributed by atoms with Gasteiger partial charge in [-0.1, -0.05) is 12.1 Å². The maximum absolute atomic E-state index is 12.6. The number of hydrogen-bond acceptors (Lipinski definition) is 7. The second kappa shape index (κ2) is 10.2. The van der Waals surface area contributed by atoms with Crippen LogP contribution in [0.1, 0.15) is 16.1 Å². The maximum Gasteiger partial charge on any atom is 0.287 e. The minimum Gasteiger partial charge on any atom is -0.350 e. The zero-order valence-corrected chi connectivity index (χ0v) is 19.6. The molecule has 5 rings (SSSR count). The Bertz CT molecular complexity index is 1500. The van der Waals surface area contributed by atoms with E-state index in [2.05, 4.69) is 35.8 Å². The smallest absolute Gasteiger partial charge is 0.287 e. The van der Waals surface area contributed by atoms with Crippen LogP contribution in [0, 0.1) is 0 Å². The second-order valence-electron chi connectivity index (χ2n) is 7.59. The molecule has 0 spiro atoms. The summed E-state index contributed by atoms with van der Waals surface area (Å²) in [5.41, 5.74) is 7.22. The summed E-state index contributed by atoms with van der Waals surface area (Å²) < 4.78 is 0. The molecule has 0 aliphatic carbocycles. The summed E-state index contributed by atoms with van der Waals surface area (Å²) in [5.74, 6) is 0.152. The standard InChI is InChI=1S/C26H21N7OS/c1-35-21-7-4-17(5-8-21)15-29-33-25(34)24-14-19-13-20(6-9-22(19)31-24)30-26-28-12-10-23(32-26)18-3-2-11-27-16-18/h2-16,31H,1H3,(H,33,34)(H,28,30,32)/b29-15+. The predicted octanol–water partition coefficient (Wildman–Crippen LogP) is 5.25. The molecule has 0 atom stereocenters. The minimum atomic E-state index is -0.319. The number of anilines is 2. The number of hydrazone groups is 1. The predicted molar refractivity (Wildman–Crippen MR) is 140 cm³/mol. The van der Waals surface area contributed by atoms with E-state index in [1.165, 1.54) is 4.90 Å². The quantitative estimate of drug-likeness (QED) is 0.167. The van der Waals surface area contributed by atoms with Gasteiger partial charge in [0.2, 0.25) is 5.95 Å². The highest BCUT2D eigenvalue weighted by molar-refractivity contribution is 7.98. The zero-order chi connectivity index (χ0) is 24.0. The molecule has 3 aromatic heterocycles. The van der Waals surface area contributed by atoms with E-state index < -0.39 is 0 Å². The van der Waals surface area contributed by atoms with Gasteiger partial charge in [-0.2, -0.15) is 5.10 Å². The van der Waals surface area contributed by atoms with Crippen LogP contribution < -0.4 is 10.7 Å². The number of carbonyl (C=O) groups is 1. The molecular formula is C26H21N7OS. The third-order valence-electron chi connectivity index (χ3n) is 5.23. The molecule has 2 aromatic carbocycles. The first-order chi connectivity index (χ1) is 17.2. The van der Waals surface area contributed by atoms with Crippen molar-refractivity contribution in [3.63, 3.8) is 0 Å². The summed E-state index contributed by atoms with van der Waals surface area (Å²) in [6, 6.07) is 21.1. The number of benzene rings is 2. The lowest BCUT2D eigenvalue weighted by Gasteiger charge is -2.06. The average molecular weight is 480 g/mol. The van der Waals surface area contributed by atoms with Gasteiger partial charge in [-0.3, -0.25) is 9.78 Å². The lowest BCUT2D eigenvalue weighted by atomic mass is 10.2. The van der Waals surface area contributed by atoms with Crippen molar-refractivity contribution in [3.8, 4) is 11.3 Å². The molecule has 8 nitrogen and oxygen atoms in total. The molecule has 3 heterocycles. The number of fused-ring (bicyclic) bond motifs is 1. The number of hydrogen-bond donors (Lipinski definition) is 3. The van der Waals surface area contributed by atoms with Gasteiger partial charge in [-0.05, 0) is 66.4 Å². The van der Waals surface area contributed by atoms with E-state index in [1.807, 2.05) is 66.9 Å². The summed E-state index contributed by atoms with van der Waals surface area (Å²) in [4.78, 5) is 29.9. The minimum absolute atomic E-state index is 0.319. The van der Waals surface area contributed by atoms with Gasteiger partial charge < -0.3 is 10.3 Å². The summed E-state index contributed by atoms with van der Waals surface area (Å²) in [6.07, 6.45) is 8.83. The van der Waals surface area contributed by atoms with Crippen LogP contribution in [0.15, 0.2) is 95.3 Å². The van der Waals surface area contributed by atoms with Gasteiger partial charge in [0.25, 0.3) is 5.91 Å². The highest BCUT2D eigenvalue weighted by Crippen LogP contribution is 2.23. The van der Waals surface area contributed by atoms with Crippen LogP contribution in [0.25, 0.3) is 22.2 Å². The van der Waals surface area contributed by atoms with E-state index in [9.17, 15) is 4.79 Å². The Morgan fingerprint density at radius 2 is 1.94 bits per heavy atom. The number of rotatable bonds is 7. The highest BCUT2D eigenvalue weighted by atomic mass is 32.2. The molecule has 3 N–H and O–H groups in total. The van der Waals surface area contributed by atoms with Crippen LogP contribution in [0.5, 0.6) is 0 Å². The highest BCUT2D eigenvalue weighted by Gasteiger charge is 2.10. The topological polar surface area (TPSA) is 108 Å². The number of nitrogens with zero attached hydrogens (tertiary/aromatic N) is 4. The van der Waals surface area contributed by atoms with Gasteiger partial charge in [0.1, 0.15) is 5.69 Å². The summed E-state index contributed by atoms with van der Waals surface area (Å²) in [7, 11) is 0. The number of carbonyl (C=O) groups excluding carboxylic acids is 1. The molecule has 35 heavy (non-hydrogen) atoms. The van der Waals surface area contributed by atoms with Crippen molar-refractivity contribution in [1.82, 2.24) is 25.4 Å². The summed E-state index contributed by atoms with van der Waals surface area (Å²) >= 11 is 1.67. The first kappa shape index (κ1) is 22.3. The normalized spacial score (nSPS) is 11.1. The Morgan fingerprint density at radius 1 is 1.06 bits per heavy atom. The Hall–Kier alpha value is -4.50. The summed E-state index contributed by atoms with van der Waals surface area (Å²) in [6.45, 7) is 0. The fraction of sp³-hybridized carbons (Fsp3) is 0.0385. The SMILES string of the molecule is CSc1ccc(/C=N/NC(=O)c2cc3cc(Nc4nccc(-c5cccnc5)n4)ccc3[nH]2)cc1. The van der Waals surface area contributed by atoms with Gasteiger partial charge >= 0.3 is 0 Å². The van der Waals surface area contributed by atoms with Gasteiger partial charge in [0.05, 0.1) is 11.9 Å². The molecule has 0 radical (unpaired) electrons. The van der Waals surface area contributed by atoms with Gasteiger partial charge in [0, 0.05) is 45.6 Å². The first-order valence-electron chi connectivity index (χ1n) is 10.8. The lowest BCUT2D eigenvalue weighted by Crippen LogP contribution is -2.17. The molecule has 0 fully saturated rings. The molecular weight excluding hydrogens is 458 g/mol. The van der Waals surface area contributed by atoms with Crippen molar-refractivity contribution in [2.75, 3.05) is 11.6 Å². The molecule has 0 aliphatic rings. The molecule has 0 unspecified atom stereocenters. The van der Waals surface area contributed by atoms with Crippen molar-refractivity contribution in [2.45, 2.75) is 4.90 Å². The molecule has 172 valence electrons. The Balaban J connectivity index is 1.27. The van der Waals surface area contributed by atoms with Crippen LogP contribution >= 0.6 is 11.8 Å². The van der Waals surface area contributed by atoms with Crippen LogP contribution in [0.4, 0.5) is 11.6 Å². The molecule has 1 amide bonds. The van der Waals surface area contributed by atoms with Gasteiger partial charge in [-0.15, -0.1) is 11.8 Å². The molecule has 0 bridgehead atoms. The van der Waals surface area contributed by atoms with E-state index in [0.29, 0.717) is 11.6 Å². The Labute approximate surface area is 205 Å². The van der Waals surface area contributed by atoms with Crippen LogP contribution in [0.2, 0.25) is 0 Å². The Morgan fingerprint density at radius 3 is 2.74 bits per heavy atom. The monoisotopic (exact) mass is 479 g/mol. The fourth-order valence-electron chi connectivity index (χ4n) is 3.47. The number of nitrogens with one attached hydrogen (secondary N) is 3. The van der Waals surface area contributed by atoms with Crippen LogP contribution in [0.3, 0.4) is 0 Å². The van der Waals surface area contributed by atoms with Crippen LogP contribution in [-0.2, 0) is 0 Å². The first-order valence-corrected chi connectivity index (χ1v) is 12.0. The van der Waals surface area contributed by atoms with E-state index in [1.54, 1.807) is 42.6 Å². The zero-order valence-electron chi connectivity index (χ0n) is 18.8. The second-order valence-corrected chi connectivity index (χ2v) is 8.47. The molecule has 0 saturated heterocycles. The molecule has 9 heteroatoms. The lowest BCUT2D eigenvalue weighted by molar-refractivity contribution is 0.0951. The van der Waals surface area contributed by atoms with Crippen molar-refractivity contribution in [2.24, 2.45) is 5.10 Å². The van der Waals surface area contributed by atoms with Crippen molar-refractivity contribution in [1.29, 1.82) is 0 Å².